The lowest BCUT2D eigenvalue weighted by molar-refractivity contribution is -0.123. The summed E-state index contributed by atoms with van der Waals surface area (Å²) in [5, 5.41) is 9.49. The first kappa shape index (κ1) is 15.6. The van der Waals surface area contributed by atoms with Gasteiger partial charge in [-0.15, -0.1) is 0 Å². The van der Waals surface area contributed by atoms with Gasteiger partial charge in [-0.25, -0.2) is 4.98 Å². The van der Waals surface area contributed by atoms with Gasteiger partial charge in [0.2, 0.25) is 5.89 Å². The van der Waals surface area contributed by atoms with Crippen LogP contribution in [0.1, 0.15) is 35.5 Å². The van der Waals surface area contributed by atoms with E-state index in [1.807, 2.05) is 36.4 Å². The predicted molar refractivity (Wildman–Crippen MR) is 90.8 cm³/mol. The largest absolute Gasteiger partial charge is 0.439 e. The van der Waals surface area contributed by atoms with Crippen LogP contribution >= 0.6 is 0 Å². The summed E-state index contributed by atoms with van der Waals surface area (Å²) in [6.07, 6.45) is 0.652. The van der Waals surface area contributed by atoms with Crippen LogP contribution in [0.3, 0.4) is 0 Å². The summed E-state index contributed by atoms with van der Waals surface area (Å²) >= 11 is 0. The molecule has 0 spiro atoms. The smallest absolute Gasteiger partial charge is 0.220 e. The van der Waals surface area contributed by atoms with E-state index in [1.54, 1.807) is 12.1 Å². The molecule has 2 aromatic carbocycles. The highest BCUT2D eigenvalue weighted by atomic mass is 16.5. The van der Waals surface area contributed by atoms with Crippen molar-refractivity contribution >= 4 is 16.9 Å². The number of hydrogen-bond donors (Lipinski definition) is 0. The van der Waals surface area contributed by atoms with E-state index in [2.05, 4.69) is 11.1 Å². The second-order valence-electron chi connectivity index (χ2n) is 6.06. The number of carbonyl (C=O) groups is 1. The van der Waals surface area contributed by atoms with Crippen molar-refractivity contribution in [1.82, 2.24) is 4.98 Å². The molecule has 0 N–H and O–H groups in total. The normalized spacial score (nSPS) is 17.6. The molecular formula is C20H16N2O3. The van der Waals surface area contributed by atoms with E-state index < -0.39 is 5.92 Å². The van der Waals surface area contributed by atoms with Crippen LogP contribution in [0.2, 0.25) is 0 Å². The maximum atomic E-state index is 12.7. The van der Waals surface area contributed by atoms with Gasteiger partial charge in [0.15, 0.2) is 17.3 Å². The molecule has 4 rings (SSSR count). The Balaban J connectivity index is 1.58. The summed E-state index contributed by atoms with van der Waals surface area (Å²) in [5.41, 5.74) is 3.44. The van der Waals surface area contributed by atoms with Crippen LogP contribution in [0.25, 0.3) is 11.1 Å². The number of nitriles is 1. The van der Waals surface area contributed by atoms with Crippen molar-refractivity contribution in [2.45, 2.75) is 24.9 Å². The van der Waals surface area contributed by atoms with Crippen molar-refractivity contribution in [3.05, 3.63) is 65.5 Å². The van der Waals surface area contributed by atoms with Gasteiger partial charge in [-0.2, -0.15) is 5.26 Å². The van der Waals surface area contributed by atoms with Crippen LogP contribution in [0.15, 0.2) is 52.9 Å². The van der Waals surface area contributed by atoms with Crippen LogP contribution in [0, 0.1) is 11.3 Å². The number of ketones is 1. The zero-order chi connectivity index (χ0) is 17.2. The molecule has 3 aromatic rings. The molecule has 0 saturated carbocycles. The van der Waals surface area contributed by atoms with E-state index in [4.69, 9.17) is 9.15 Å². The van der Waals surface area contributed by atoms with Gasteiger partial charge < -0.3 is 9.15 Å². The first-order valence-corrected chi connectivity index (χ1v) is 8.23. The predicted octanol–water partition coefficient (Wildman–Crippen LogP) is 3.71. The molecule has 124 valence electrons. The highest BCUT2D eigenvalue weighted by molar-refractivity contribution is 5.88. The fourth-order valence-electron chi connectivity index (χ4n) is 3.22. The Hall–Kier alpha value is -2.97. The SMILES string of the molecule is N#C[C@@H](C(=O)C[C@H]1OCCc2ccccc21)c1nc2ccccc2o1. The zero-order valence-electron chi connectivity index (χ0n) is 13.5. The molecule has 1 aromatic heterocycles. The highest BCUT2D eigenvalue weighted by Crippen LogP contribution is 2.32. The fraction of sp³-hybridized carbons (Fsp3) is 0.250. The van der Waals surface area contributed by atoms with Crippen LogP contribution in [0.4, 0.5) is 0 Å². The molecule has 5 nitrogen and oxygen atoms in total. The molecule has 0 bridgehead atoms. The minimum atomic E-state index is -1.02. The number of fused-ring (bicyclic) bond motifs is 2. The number of ether oxygens (including phenoxy) is 1. The average Bonchev–Trinajstić information content (AvgIpc) is 3.06. The maximum absolute atomic E-state index is 12.7. The lowest BCUT2D eigenvalue weighted by Gasteiger charge is -2.25. The number of rotatable bonds is 4. The minimum Gasteiger partial charge on any atom is -0.439 e. The lowest BCUT2D eigenvalue weighted by Crippen LogP contribution is -2.21. The Morgan fingerprint density at radius 3 is 2.88 bits per heavy atom. The molecule has 0 fully saturated rings. The second kappa shape index (κ2) is 6.50. The van der Waals surface area contributed by atoms with E-state index >= 15 is 0 Å². The molecule has 2 atom stereocenters. The molecule has 0 aliphatic carbocycles. The number of aromatic nitrogens is 1. The standard InChI is InChI=1S/C20H16N2O3/c21-12-15(20-22-16-7-3-4-8-18(16)25-20)17(23)11-19-14-6-2-1-5-13(14)9-10-24-19/h1-8,15,19H,9-11H2/t15-,19+/m0/s1. The molecule has 1 aliphatic heterocycles. The van der Waals surface area contributed by atoms with Gasteiger partial charge in [0.25, 0.3) is 0 Å². The highest BCUT2D eigenvalue weighted by Gasteiger charge is 2.30. The molecule has 0 amide bonds. The number of para-hydroxylation sites is 2. The third kappa shape index (κ3) is 2.92. The van der Waals surface area contributed by atoms with Crippen molar-refractivity contribution < 1.29 is 13.9 Å². The first-order valence-electron chi connectivity index (χ1n) is 8.23. The summed E-state index contributed by atoms with van der Waals surface area (Å²) in [5.74, 6) is -1.11. The van der Waals surface area contributed by atoms with Crippen LogP contribution < -0.4 is 0 Å². The molecule has 0 unspecified atom stereocenters. The van der Waals surface area contributed by atoms with Crippen molar-refractivity contribution in [3.8, 4) is 6.07 Å². The van der Waals surface area contributed by atoms with Crippen molar-refractivity contribution in [3.63, 3.8) is 0 Å². The van der Waals surface area contributed by atoms with E-state index in [-0.39, 0.29) is 24.2 Å². The van der Waals surface area contributed by atoms with Gasteiger partial charge in [0.1, 0.15) is 5.52 Å². The van der Waals surface area contributed by atoms with Crippen molar-refractivity contribution in [2.75, 3.05) is 6.61 Å². The summed E-state index contributed by atoms with van der Waals surface area (Å²) < 4.78 is 11.4. The van der Waals surface area contributed by atoms with Crippen molar-refractivity contribution in [2.24, 2.45) is 0 Å². The summed E-state index contributed by atoms with van der Waals surface area (Å²) in [6, 6.07) is 17.2. The monoisotopic (exact) mass is 332 g/mol. The third-order valence-electron chi connectivity index (χ3n) is 4.49. The summed E-state index contributed by atoms with van der Waals surface area (Å²) in [7, 11) is 0. The molecule has 25 heavy (non-hydrogen) atoms. The van der Waals surface area contributed by atoms with Gasteiger partial charge in [0, 0.05) is 6.42 Å². The maximum Gasteiger partial charge on any atom is 0.220 e. The Morgan fingerprint density at radius 1 is 1.24 bits per heavy atom. The Labute approximate surface area is 144 Å². The quantitative estimate of drug-likeness (QED) is 0.728. The van der Waals surface area contributed by atoms with Gasteiger partial charge in [-0.3, -0.25) is 4.79 Å². The number of carbonyl (C=O) groups excluding carboxylic acids is 1. The molecular weight excluding hydrogens is 316 g/mol. The number of nitrogens with zero attached hydrogens (tertiary/aromatic N) is 2. The average molecular weight is 332 g/mol. The van der Waals surface area contributed by atoms with E-state index in [9.17, 15) is 10.1 Å². The first-order chi connectivity index (χ1) is 12.3. The molecule has 2 heterocycles. The van der Waals surface area contributed by atoms with E-state index in [0.29, 0.717) is 17.7 Å². The Morgan fingerprint density at radius 2 is 2.04 bits per heavy atom. The summed E-state index contributed by atoms with van der Waals surface area (Å²) in [4.78, 5) is 17.0. The molecule has 1 aliphatic rings. The zero-order valence-corrected chi connectivity index (χ0v) is 13.5. The lowest BCUT2D eigenvalue weighted by atomic mass is 9.91. The second-order valence-corrected chi connectivity index (χ2v) is 6.06. The number of Topliss-reactive ketones (excluding diaryl/α,β-unsaturated/α-hetero) is 1. The summed E-state index contributed by atoms with van der Waals surface area (Å²) in [6.45, 7) is 0.578. The molecule has 5 heteroatoms. The number of hydrogen-bond acceptors (Lipinski definition) is 5. The van der Waals surface area contributed by atoms with Crippen molar-refractivity contribution in [1.29, 1.82) is 5.26 Å². The minimum absolute atomic E-state index is 0.133. The number of benzene rings is 2. The van der Waals surface area contributed by atoms with Crippen LogP contribution in [0.5, 0.6) is 0 Å². The number of oxazole rings is 1. The van der Waals surface area contributed by atoms with E-state index in [0.717, 1.165) is 12.0 Å². The van der Waals surface area contributed by atoms with Crippen LogP contribution in [-0.4, -0.2) is 17.4 Å². The van der Waals surface area contributed by atoms with Gasteiger partial charge in [-0.05, 0) is 29.7 Å². The van der Waals surface area contributed by atoms with Crippen LogP contribution in [-0.2, 0) is 16.0 Å². The molecule has 0 radical (unpaired) electrons. The van der Waals surface area contributed by atoms with Gasteiger partial charge in [0.05, 0.1) is 18.8 Å². The van der Waals surface area contributed by atoms with Gasteiger partial charge in [-0.1, -0.05) is 36.4 Å². The molecule has 0 saturated heterocycles. The topological polar surface area (TPSA) is 76.1 Å². The third-order valence-corrected chi connectivity index (χ3v) is 4.49. The fourth-order valence-corrected chi connectivity index (χ4v) is 3.22. The van der Waals surface area contributed by atoms with Gasteiger partial charge >= 0.3 is 0 Å². The Kier molecular flexibility index (Phi) is 4.04. The van der Waals surface area contributed by atoms with E-state index in [1.165, 1.54) is 5.56 Å². The Bertz CT molecular complexity index is 937.